The number of carbonyl (C=O) groups is 1. The number of hydrogen-bond donors (Lipinski definition) is 1. The summed E-state index contributed by atoms with van der Waals surface area (Å²) in [6.07, 6.45) is 1.69. The summed E-state index contributed by atoms with van der Waals surface area (Å²) in [6, 6.07) is 8.20. The second kappa shape index (κ2) is 7.21. The Kier molecular flexibility index (Phi) is 5.59. The van der Waals surface area contributed by atoms with Gasteiger partial charge in [0.2, 0.25) is 0 Å². The first-order chi connectivity index (χ1) is 8.74. The second-order valence-corrected chi connectivity index (χ2v) is 5.97. The third-order valence-corrected chi connectivity index (χ3v) is 3.87. The first-order valence-corrected chi connectivity index (χ1v) is 7.51. The molecule has 98 valence electrons. The van der Waals surface area contributed by atoms with Crippen molar-refractivity contribution in [1.29, 1.82) is 0 Å². The standard InChI is InChI=1S/C14H19IN2O/c15-13-4-2-12(3-5-13)10-14(18)11-17-8-1-6-16-7-9-17/h2-5,16H,1,6-11H2. The highest BCUT2D eigenvalue weighted by Gasteiger charge is 2.12. The quantitative estimate of drug-likeness (QED) is 0.832. The van der Waals surface area contributed by atoms with E-state index in [9.17, 15) is 4.79 Å². The fourth-order valence-corrected chi connectivity index (χ4v) is 2.55. The minimum absolute atomic E-state index is 0.318. The Morgan fingerprint density at radius 2 is 2.00 bits per heavy atom. The molecule has 0 spiro atoms. The van der Waals surface area contributed by atoms with E-state index in [4.69, 9.17) is 0 Å². The molecule has 0 aromatic heterocycles. The van der Waals surface area contributed by atoms with Gasteiger partial charge in [0.05, 0.1) is 6.54 Å². The summed E-state index contributed by atoms with van der Waals surface area (Å²) >= 11 is 2.28. The van der Waals surface area contributed by atoms with Gasteiger partial charge in [-0.05, 0) is 59.8 Å². The molecule has 1 aromatic rings. The van der Waals surface area contributed by atoms with Crippen LogP contribution in [0.2, 0.25) is 0 Å². The summed E-state index contributed by atoms with van der Waals surface area (Å²) in [5.74, 6) is 0.318. The third kappa shape index (κ3) is 4.66. The van der Waals surface area contributed by atoms with Crippen LogP contribution in [0.25, 0.3) is 0 Å². The summed E-state index contributed by atoms with van der Waals surface area (Å²) < 4.78 is 1.21. The van der Waals surface area contributed by atoms with Crippen LogP contribution in [-0.2, 0) is 11.2 Å². The van der Waals surface area contributed by atoms with E-state index in [0.29, 0.717) is 18.7 Å². The largest absolute Gasteiger partial charge is 0.315 e. The molecule has 1 aromatic carbocycles. The fourth-order valence-electron chi connectivity index (χ4n) is 2.19. The minimum Gasteiger partial charge on any atom is -0.315 e. The van der Waals surface area contributed by atoms with Gasteiger partial charge in [0.1, 0.15) is 0 Å². The lowest BCUT2D eigenvalue weighted by molar-refractivity contribution is -0.119. The Balaban J connectivity index is 1.82. The van der Waals surface area contributed by atoms with E-state index >= 15 is 0 Å². The highest BCUT2D eigenvalue weighted by molar-refractivity contribution is 14.1. The Morgan fingerprint density at radius 1 is 1.22 bits per heavy atom. The predicted molar refractivity (Wildman–Crippen MR) is 81.8 cm³/mol. The van der Waals surface area contributed by atoms with Gasteiger partial charge in [-0.25, -0.2) is 0 Å². The third-order valence-electron chi connectivity index (χ3n) is 3.15. The Hall–Kier alpha value is -0.460. The van der Waals surface area contributed by atoms with Crippen LogP contribution in [0.4, 0.5) is 0 Å². The number of rotatable bonds is 4. The zero-order valence-electron chi connectivity index (χ0n) is 10.5. The fraction of sp³-hybridized carbons (Fsp3) is 0.500. The number of hydrogen-bond acceptors (Lipinski definition) is 3. The van der Waals surface area contributed by atoms with Crippen LogP contribution in [0.3, 0.4) is 0 Å². The molecule has 1 fully saturated rings. The molecule has 1 aliphatic heterocycles. The van der Waals surface area contributed by atoms with E-state index in [0.717, 1.165) is 38.2 Å². The van der Waals surface area contributed by atoms with Crippen molar-refractivity contribution in [2.75, 3.05) is 32.7 Å². The summed E-state index contributed by atoms with van der Waals surface area (Å²) in [5.41, 5.74) is 1.12. The van der Waals surface area contributed by atoms with Gasteiger partial charge in [0.25, 0.3) is 0 Å². The molecular weight excluding hydrogens is 339 g/mol. The molecule has 4 heteroatoms. The number of halogens is 1. The molecule has 0 aliphatic carbocycles. The zero-order chi connectivity index (χ0) is 12.8. The molecule has 3 nitrogen and oxygen atoms in total. The average Bonchev–Trinajstić information content (AvgIpc) is 2.61. The molecule has 0 unspecified atom stereocenters. The van der Waals surface area contributed by atoms with E-state index < -0.39 is 0 Å². The molecule has 1 heterocycles. The van der Waals surface area contributed by atoms with Gasteiger partial charge in [-0.1, -0.05) is 12.1 Å². The van der Waals surface area contributed by atoms with Crippen molar-refractivity contribution < 1.29 is 4.79 Å². The van der Waals surface area contributed by atoms with Crippen molar-refractivity contribution in [3.8, 4) is 0 Å². The maximum Gasteiger partial charge on any atom is 0.151 e. The van der Waals surface area contributed by atoms with E-state index in [1.807, 2.05) is 12.1 Å². The molecular formula is C14H19IN2O. The first kappa shape index (κ1) is 14.0. The second-order valence-electron chi connectivity index (χ2n) is 4.72. The lowest BCUT2D eigenvalue weighted by Gasteiger charge is -2.18. The number of Topliss-reactive ketones (excluding diaryl/α,β-unsaturated/α-hetero) is 1. The zero-order valence-corrected chi connectivity index (χ0v) is 12.7. The van der Waals surface area contributed by atoms with Gasteiger partial charge >= 0.3 is 0 Å². The van der Waals surface area contributed by atoms with Crippen LogP contribution >= 0.6 is 22.6 Å². The molecule has 0 saturated carbocycles. The number of ketones is 1. The molecule has 0 amide bonds. The molecule has 18 heavy (non-hydrogen) atoms. The molecule has 2 rings (SSSR count). The topological polar surface area (TPSA) is 32.3 Å². The van der Waals surface area contributed by atoms with Gasteiger partial charge < -0.3 is 5.32 Å². The molecule has 0 radical (unpaired) electrons. The van der Waals surface area contributed by atoms with E-state index in [-0.39, 0.29) is 0 Å². The number of carbonyl (C=O) groups excluding carboxylic acids is 1. The highest BCUT2D eigenvalue weighted by Crippen LogP contribution is 2.08. The van der Waals surface area contributed by atoms with Crippen LogP contribution in [-0.4, -0.2) is 43.4 Å². The highest BCUT2D eigenvalue weighted by atomic mass is 127. The van der Waals surface area contributed by atoms with Crippen molar-refractivity contribution in [3.05, 3.63) is 33.4 Å². The smallest absolute Gasteiger partial charge is 0.151 e. The van der Waals surface area contributed by atoms with Crippen LogP contribution < -0.4 is 5.32 Å². The normalized spacial score (nSPS) is 17.4. The van der Waals surface area contributed by atoms with Gasteiger partial charge in [-0.3, -0.25) is 9.69 Å². The van der Waals surface area contributed by atoms with Crippen molar-refractivity contribution in [1.82, 2.24) is 10.2 Å². The van der Waals surface area contributed by atoms with Crippen molar-refractivity contribution in [2.24, 2.45) is 0 Å². The van der Waals surface area contributed by atoms with Crippen LogP contribution in [0.5, 0.6) is 0 Å². The number of nitrogens with one attached hydrogen (secondary N) is 1. The molecule has 0 bridgehead atoms. The van der Waals surface area contributed by atoms with Crippen LogP contribution in [0, 0.1) is 3.57 Å². The lowest BCUT2D eigenvalue weighted by atomic mass is 10.1. The average molecular weight is 358 g/mol. The van der Waals surface area contributed by atoms with Crippen LogP contribution in [0.15, 0.2) is 24.3 Å². The van der Waals surface area contributed by atoms with Crippen molar-refractivity contribution >= 4 is 28.4 Å². The Bertz CT molecular complexity index is 383. The Morgan fingerprint density at radius 3 is 2.78 bits per heavy atom. The van der Waals surface area contributed by atoms with Gasteiger partial charge in [-0.2, -0.15) is 0 Å². The molecule has 0 atom stereocenters. The minimum atomic E-state index is 0.318. The summed E-state index contributed by atoms with van der Waals surface area (Å²) in [7, 11) is 0. The maximum absolute atomic E-state index is 12.0. The SMILES string of the molecule is O=C(Cc1ccc(I)cc1)CN1CCCNCC1. The summed E-state index contributed by atoms with van der Waals surface area (Å²) in [5, 5.41) is 3.35. The summed E-state index contributed by atoms with van der Waals surface area (Å²) in [6.45, 7) is 4.68. The van der Waals surface area contributed by atoms with Crippen molar-refractivity contribution in [3.63, 3.8) is 0 Å². The lowest BCUT2D eigenvalue weighted by Crippen LogP contribution is -2.33. The molecule has 1 N–H and O–H groups in total. The molecule has 1 aliphatic rings. The first-order valence-electron chi connectivity index (χ1n) is 6.43. The van der Waals surface area contributed by atoms with E-state index in [1.165, 1.54) is 3.57 Å². The van der Waals surface area contributed by atoms with Crippen LogP contribution in [0.1, 0.15) is 12.0 Å². The predicted octanol–water partition coefficient (Wildman–Crippen LogP) is 1.70. The van der Waals surface area contributed by atoms with Crippen molar-refractivity contribution in [2.45, 2.75) is 12.8 Å². The number of nitrogens with zero attached hydrogens (tertiary/aromatic N) is 1. The van der Waals surface area contributed by atoms with Gasteiger partial charge in [0, 0.05) is 23.1 Å². The van der Waals surface area contributed by atoms with E-state index in [2.05, 4.69) is 44.9 Å². The number of benzene rings is 1. The van der Waals surface area contributed by atoms with Gasteiger partial charge in [-0.15, -0.1) is 0 Å². The van der Waals surface area contributed by atoms with E-state index in [1.54, 1.807) is 0 Å². The monoisotopic (exact) mass is 358 g/mol. The maximum atomic E-state index is 12.0. The van der Waals surface area contributed by atoms with Gasteiger partial charge in [0.15, 0.2) is 5.78 Å². The summed E-state index contributed by atoms with van der Waals surface area (Å²) in [4.78, 5) is 14.3. The Labute approximate surface area is 122 Å². The molecule has 1 saturated heterocycles.